The molecule has 0 heterocycles. The molecular formula is C17H20N4O2. The van der Waals surface area contributed by atoms with Gasteiger partial charge in [-0.2, -0.15) is 0 Å². The Kier molecular flexibility index (Phi) is 5.46. The van der Waals surface area contributed by atoms with Gasteiger partial charge in [0, 0.05) is 13.1 Å². The van der Waals surface area contributed by atoms with E-state index in [9.17, 15) is 9.59 Å². The van der Waals surface area contributed by atoms with Crippen LogP contribution in [0.1, 0.15) is 11.1 Å². The summed E-state index contributed by atoms with van der Waals surface area (Å²) in [6.45, 7) is 0.504. The molecule has 0 aliphatic carbocycles. The zero-order valence-corrected chi connectivity index (χ0v) is 12.7. The van der Waals surface area contributed by atoms with Gasteiger partial charge in [-0.1, -0.05) is 60.7 Å². The van der Waals surface area contributed by atoms with Crippen LogP contribution >= 0.6 is 0 Å². The van der Waals surface area contributed by atoms with E-state index in [4.69, 9.17) is 11.5 Å². The summed E-state index contributed by atoms with van der Waals surface area (Å²) in [6.07, 6.45) is 0. The lowest BCUT2D eigenvalue weighted by Crippen LogP contribution is -2.69. The van der Waals surface area contributed by atoms with Crippen LogP contribution in [-0.4, -0.2) is 17.5 Å². The van der Waals surface area contributed by atoms with Crippen molar-refractivity contribution in [1.29, 1.82) is 0 Å². The van der Waals surface area contributed by atoms with E-state index < -0.39 is 17.5 Å². The molecule has 6 N–H and O–H groups in total. The molecule has 0 saturated carbocycles. The van der Waals surface area contributed by atoms with Gasteiger partial charge in [0.15, 0.2) is 0 Å². The van der Waals surface area contributed by atoms with Crippen LogP contribution in [0.15, 0.2) is 60.7 Å². The van der Waals surface area contributed by atoms with E-state index in [0.29, 0.717) is 0 Å². The van der Waals surface area contributed by atoms with Crippen LogP contribution in [0.3, 0.4) is 0 Å². The Morgan fingerprint density at radius 3 is 1.43 bits per heavy atom. The topological polar surface area (TPSA) is 110 Å². The first-order valence-electron chi connectivity index (χ1n) is 7.22. The molecular weight excluding hydrogens is 292 g/mol. The molecule has 6 heteroatoms. The van der Waals surface area contributed by atoms with Crippen LogP contribution in [0.2, 0.25) is 0 Å². The maximum atomic E-state index is 12.1. The zero-order valence-electron chi connectivity index (χ0n) is 12.7. The van der Waals surface area contributed by atoms with Crippen molar-refractivity contribution in [3.8, 4) is 0 Å². The molecule has 2 amide bonds. The molecule has 0 aliphatic rings. The smallest absolute Gasteiger partial charge is 0.265 e. The predicted molar refractivity (Wildman–Crippen MR) is 87.7 cm³/mol. The highest BCUT2D eigenvalue weighted by Crippen LogP contribution is 2.01. The van der Waals surface area contributed by atoms with Crippen molar-refractivity contribution in [3.05, 3.63) is 71.8 Å². The second-order valence-corrected chi connectivity index (χ2v) is 5.21. The molecule has 2 rings (SSSR count). The van der Waals surface area contributed by atoms with Gasteiger partial charge in [-0.15, -0.1) is 0 Å². The number of rotatable bonds is 6. The average molecular weight is 312 g/mol. The molecule has 0 aromatic heterocycles. The fourth-order valence-corrected chi connectivity index (χ4v) is 1.95. The normalized spacial score (nSPS) is 10.9. The SMILES string of the molecule is NC(N)(C(=O)NCc1ccccc1)C(=O)NCc1ccccc1. The second kappa shape index (κ2) is 7.53. The van der Waals surface area contributed by atoms with Gasteiger partial charge in [-0.05, 0) is 11.1 Å². The minimum Gasteiger partial charge on any atom is -0.349 e. The molecule has 0 fully saturated rings. The largest absolute Gasteiger partial charge is 0.349 e. The molecule has 0 radical (unpaired) electrons. The van der Waals surface area contributed by atoms with Crippen molar-refractivity contribution < 1.29 is 9.59 Å². The monoisotopic (exact) mass is 312 g/mol. The number of nitrogens with one attached hydrogen (secondary N) is 2. The van der Waals surface area contributed by atoms with Gasteiger partial charge < -0.3 is 10.6 Å². The summed E-state index contributed by atoms with van der Waals surface area (Å²) in [5.74, 6) is -1.46. The lowest BCUT2D eigenvalue weighted by Gasteiger charge is -2.22. The molecule has 0 bridgehead atoms. The van der Waals surface area contributed by atoms with Gasteiger partial charge in [0.2, 0.25) is 5.66 Å². The van der Waals surface area contributed by atoms with Crippen molar-refractivity contribution in [2.45, 2.75) is 18.8 Å². The number of carbonyl (C=O) groups is 2. The summed E-state index contributed by atoms with van der Waals surface area (Å²) in [6, 6.07) is 18.6. The van der Waals surface area contributed by atoms with Gasteiger partial charge >= 0.3 is 0 Å². The lowest BCUT2D eigenvalue weighted by molar-refractivity contribution is -0.137. The van der Waals surface area contributed by atoms with Crippen molar-refractivity contribution in [3.63, 3.8) is 0 Å². The van der Waals surface area contributed by atoms with E-state index in [2.05, 4.69) is 10.6 Å². The van der Waals surface area contributed by atoms with E-state index in [-0.39, 0.29) is 13.1 Å². The quantitative estimate of drug-likeness (QED) is 0.452. The Hall–Kier alpha value is -2.70. The minimum atomic E-state index is -2.12. The Morgan fingerprint density at radius 1 is 0.739 bits per heavy atom. The van der Waals surface area contributed by atoms with E-state index in [1.807, 2.05) is 60.7 Å². The second-order valence-electron chi connectivity index (χ2n) is 5.21. The van der Waals surface area contributed by atoms with Gasteiger partial charge in [-0.25, -0.2) is 0 Å². The fraction of sp³-hybridized carbons (Fsp3) is 0.176. The average Bonchev–Trinajstić information content (AvgIpc) is 2.59. The van der Waals surface area contributed by atoms with Crippen molar-refractivity contribution in [2.75, 3.05) is 0 Å². The number of carbonyl (C=O) groups excluding carboxylic acids is 2. The predicted octanol–water partition coefficient (Wildman–Crippen LogP) is 0.233. The summed E-state index contributed by atoms with van der Waals surface area (Å²) in [5.41, 5.74) is 11.0. The van der Waals surface area contributed by atoms with Crippen LogP contribution in [-0.2, 0) is 22.7 Å². The maximum absolute atomic E-state index is 12.1. The zero-order chi connectivity index (χ0) is 16.7. The number of nitrogens with two attached hydrogens (primary N) is 2. The molecule has 0 aliphatic heterocycles. The maximum Gasteiger partial charge on any atom is 0.265 e. The summed E-state index contributed by atoms with van der Waals surface area (Å²) < 4.78 is 0. The van der Waals surface area contributed by atoms with Crippen LogP contribution in [0, 0.1) is 0 Å². The van der Waals surface area contributed by atoms with Gasteiger partial charge in [-0.3, -0.25) is 21.1 Å². The van der Waals surface area contributed by atoms with Crippen molar-refractivity contribution in [2.24, 2.45) is 11.5 Å². The van der Waals surface area contributed by atoms with Crippen LogP contribution in [0.4, 0.5) is 0 Å². The standard InChI is InChI=1S/C17H20N4O2/c18-17(19,15(22)20-11-13-7-3-1-4-8-13)16(23)21-12-14-9-5-2-6-10-14/h1-10H,11-12,18-19H2,(H,20,22)(H,21,23). The van der Waals surface area contributed by atoms with Crippen molar-refractivity contribution >= 4 is 11.8 Å². The van der Waals surface area contributed by atoms with Gasteiger partial charge in [0.1, 0.15) is 0 Å². The Morgan fingerprint density at radius 2 is 1.09 bits per heavy atom. The Labute approximate surface area is 134 Å². The third-order valence-electron chi connectivity index (χ3n) is 3.34. The third-order valence-corrected chi connectivity index (χ3v) is 3.34. The summed E-state index contributed by atoms with van der Waals surface area (Å²) in [7, 11) is 0. The molecule has 2 aromatic carbocycles. The number of benzene rings is 2. The molecule has 0 unspecified atom stereocenters. The van der Waals surface area contributed by atoms with E-state index in [0.717, 1.165) is 11.1 Å². The summed E-state index contributed by atoms with van der Waals surface area (Å²) >= 11 is 0. The highest BCUT2D eigenvalue weighted by Gasteiger charge is 2.37. The molecule has 23 heavy (non-hydrogen) atoms. The van der Waals surface area contributed by atoms with Crippen LogP contribution in [0.5, 0.6) is 0 Å². The number of amides is 2. The molecule has 120 valence electrons. The minimum absolute atomic E-state index is 0.252. The highest BCUT2D eigenvalue weighted by molar-refractivity contribution is 6.08. The van der Waals surface area contributed by atoms with E-state index in [1.54, 1.807) is 0 Å². The summed E-state index contributed by atoms with van der Waals surface area (Å²) in [5, 5.41) is 5.14. The first-order valence-corrected chi connectivity index (χ1v) is 7.22. The number of hydrogen-bond donors (Lipinski definition) is 4. The summed E-state index contributed by atoms with van der Waals surface area (Å²) in [4.78, 5) is 24.1. The molecule has 6 nitrogen and oxygen atoms in total. The number of hydrogen-bond acceptors (Lipinski definition) is 4. The van der Waals surface area contributed by atoms with Crippen LogP contribution < -0.4 is 22.1 Å². The van der Waals surface area contributed by atoms with Gasteiger partial charge in [0.25, 0.3) is 11.8 Å². The molecule has 0 spiro atoms. The first-order chi connectivity index (χ1) is 11.0. The lowest BCUT2D eigenvalue weighted by atomic mass is 10.1. The first kappa shape index (κ1) is 16.7. The fourth-order valence-electron chi connectivity index (χ4n) is 1.95. The highest BCUT2D eigenvalue weighted by atomic mass is 16.2. The Bertz CT molecular complexity index is 599. The molecule has 0 atom stereocenters. The third kappa shape index (κ3) is 4.64. The van der Waals surface area contributed by atoms with Gasteiger partial charge in [0.05, 0.1) is 0 Å². The van der Waals surface area contributed by atoms with Crippen molar-refractivity contribution in [1.82, 2.24) is 10.6 Å². The Balaban J connectivity index is 1.88. The molecule has 2 aromatic rings. The van der Waals surface area contributed by atoms with Crippen LogP contribution in [0.25, 0.3) is 0 Å². The van der Waals surface area contributed by atoms with E-state index >= 15 is 0 Å². The van der Waals surface area contributed by atoms with E-state index in [1.165, 1.54) is 0 Å². The molecule has 0 saturated heterocycles.